The molecule has 3 rings (SSSR count). The number of aliphatic imine (C=N–C) groups is 1. The van der Waals surface area contributed by atoms with Crippen molar-refractivity contribution >= 4 is 41.5 Å². The second kappa shape index (κ2) is 10.8. The Morgan fingerprint density at radius 3 is 2.93 bits per heavy atom. The highest BCUT2D eigenvalue weighted by atomic mass is 127. The van der Waals surface area contributed by atoms with E-state index in [2.05, 4.69) is 32.6 Å². The molecule has 0 saturated carbocycles. The molecule has 2 aromatic rings. The summed E-state index contributed by atoms with van der Waals surface area (Å²) in [7, 11) is 3.42. The van der Waals surface area contributed by atoms with Gasteiger partial charge >= 0.3 is 0 Å². The molecule has 0 bridgehead atoms. The van der Waals surface area contributed by atoms with Gasteiger partial charge in [-0.1, -0.05) is 24.6 Å². The topological polar surface area (TPSA) is 76.4 Å². The summed E-state index contributed by atoms with van der Waals surface area (Å²) in [6.07, 6.45) is 3.63. The number of fused-ring (bicyclic) bond motifs is 1. The van der Waals surface area contributed by atoms with Crippen LogP contribution in [0.2, 0.25) is 5.02 Å². The highest BCUT2D eigenvalue weighted by Crippen LogP contribution is 2.22. The molecule has 1 aliphatic heterocycles. The first-order chi connectivity index (χ1) is 13.1. The standard InChI is InChI=1S/C19H27ClN6O.HI/c1-4-17-24-18-8-6-14(12-26(18)25-17)23-19(21-2)22-10-9-13-5-7-15(27-3)11-16(13)20;/h5,7,11,14H,4,6,8-10,12H2,1-3H3,(H2,21,22,23);1H. The number of nitrogens with one attached hydrogen (secondary N) is 2. The Hall–Kier alpha value is -1.55. The predicted octanol–water partition coefficient (Wildman–Crippen LogP) is 2.84. The van der Waals surface area contributed by atoms with E-state index in [0.717, 1.165) is 72.7 Å². The fourth-order valence-corrected chi connectivity index (χ4v) is 3.45. The molecule has 1 unspecified atom stereocenters. The largest absolute Gasteiger partial charge is 0.497 e. The van der Waals surface area contributed by atoms with Crippen LogP contribution in [0.5, 0.6) is 5.75 Å². The first kappa shape index (κ1) is 22.7. The number of nitrogens with zero attached hydrogens (tertiary/aromatic N) is 4. The van der Waals surface area contributed by atoms with Crippen molar-refractivity contribution in [3.8, 4) is 5.75 Å². The zero-order chi connectivity index (χ0) is 19.2. The molecule has 0 fully saturated rings. The average molecular weight is 519 g/mol. The van der Waals surface area contributed by atoms with Crippen molar-refractivity contribution in [2.75, 3.05) is 20.7 Å². The smallest absolute Gasteiger partial charge is 0.191 e. The molecular formula is C19H28ClIN6O. The monoisotopic (exact) mass is 518 g/mol. The van der Waals surface area contributed by atoms with E-state index in [1.54, 1.807) is 14.2 Å². The maximum atomic E-state index is 6.31. The first-order valence-electron chi connectivity index (χ1n) is 9.35. The van der Waals surface area contributed by atoms with Crippen LogP contribution in [0.15, 0.2) is 23.2 Å². The lowest BCUT2D eigenvalue weighted by Gasteiger charge is -2.25. The molecule has 0 amide bonds. The summed E-state index contributed by atoms with van der Waals surface area (Å²) in [4.78, 5) is 8.90. The molecular weight excluding hydrogens is 491 g/mol. The second-order valence-corrected chi connectivity index (χ2v) is 6.97. The van der Waals surface area contributed by atoms with E-state index in [4.69, 9.17) is 16.3 Å². The van der Waals surface area contributed by atoms with Crippen LogP contribution in [0.1, 0.15) is 30.6 Å². The van der Waals surface area contributed by atoms with Crippen LogP contribution >= 0.6 is 35.6 Å². The van der Waals surface area contributed by atoms with Gasteiger partial charge in [0.1, 0.15) is 11.6 Å². The SMILES string of the molecule is CCc1nc2n(n1)CC(NC(=NC)NCCc1ccc(OC)cc1Cl)CC2.I. The minimum atomic E-state index is 0. The third-order valence-electron chi connectivity index (χ3n) is 4.73. The number of guanidine groups is 1. The molecule has 1 aliphatic rings. The van der Waals surface area contributed by atoms with Crippen molar-refractivity contribution in [3.05, 3.63) is 40.4 Å². The Labute approximate surface area is 188 Å². The van der Waals surface area contributed by atoms with Crippen LogP contribution < -0.4 is 15.4 Å². The van der Waals surface area contributed by atoms with E-state index in [9.17, 15) is 0 Å². The summed E-state index contributed by atoms with van der Waals surface area (Å²) >= 11 is 6.31. The normalized spacial score (nSPS) is 16.1. The zero-order valence-electron chi connectivity index (χ0n) is 16.5. The van der Waals surface area contributed by atoms with E-state index in [-0.39, 0.29) is 24.0 Å². The van der Waals surface area contributed by atoms with Gasteiger partial charge in [0.2, 0.25) is 0 Å². The Bertz CT molecular complexity index is 810. The molecule has 0 spiro atoms. The van der Waals surface area contributed by atoms with Gasteiger partial charge in [0, 0.05) is 37.5 Å². The van der Waals surface area contributed by atoms with Crippen LogP contribution in [0, 0.1) is 0 Å². The van der Waals surface area contributed by atoms with Gasteiger partial charge in [-0.15, -0.1) is 24.0 Å². The number of rotatable bonds is 6. The van der Waals surface area contributed by atoms with Gasteiger partial charge in [-0.25, -0.2) is 9.67 Å². The molecule has 1 atom stereocenters. The number of ether oxygens (including phenoxy) is 1. The third kappa shape index (κ3) is 5.73. The minimum Gasteiger partial charge on any atom is -0.497 e. The van der Waals surface area contributed by atoms with Crippen LogP contribution in [0.3, 0.4) is 0 Å². The summed E-state index contributed by atoms with van der Waals surface area (Å²) in [6.45, 7) is 3.64. The Kier molecular flexibility index (Phi) is 8.81. The number of aromatic nitrogens is 3. The fraction of sp³-hybridized carbons (Fsp3) is 0.526. The number of hydrogen-bond acceptors (Lipinski definition) is 4. The minimum absolute atomic E-state index is 0. The lowest BCUT2D eigenvalue weighted by atomic mass is 10.1. The average Bonchev–Trinajstić information content (AvgIpc) is 3.10. The van der Waals surface area contributed by atoms with E-state index in [0.29, 0.717) is 6.04 Å². The van der Waals surface area contributed by atoms with Gasteiger partial charge in [-0.05, 0) is 30.5 Å². The van der Waals surface area contributed by atoms with Gasteiger partial charge < -0.3 is 15.4 Å². The Morgan fingerprint density at radius 1 is 1.43 bits per heavy atom. The summed E-state index contributed by atoms with van der Waals surface area (Å²) in [5.74, 6) is 3.57. The number of halogens is 2. The molecule has 1 aromatic carbocycles. The van der Waals surface area contributed by atoms with Crippen LogP contribution in [-0.2, 0) is 25.8 Å². The van der Waals surface area contributed by atoms with Crippen molar-refractivity contribution in [3.63, 3.8) is 0 Å². The molecule has 0 radical (unpaired) electrons. The maximum absolute atomic E-state index is 6.31. The molecule has 0 saturated heterocycles. The van der Waals surface area contributed by atoms with Crippen molar-refractivity contribution < 1.29 is 4.74 Å². The second-order valence-electron chi connectivity index (χ2n) is 6.57. The molecule has 1 aromatic heterocycles. The van der Waals surface area contributed by atoms with Crippen molar-refractivity contribution in [1.29, 1.82) is 0 Å². The van der Waals surface area contributed by atoms with Gasteiger partial charge in [-0.3, -0.25) is 4.99 Å². The lowest BCUT2D eigenvalue weighted by molar-refractivity contribution is 0.392. The third-order valence-corrected chi connectivity index (χ3v) is 5.08. The predicted molar refractivity (Wildman–Crippen MR) is 123 cm³/mol. The van der Waals surface area contributed by atoms with E-state index >= 15 is 0 Å². The summed E-state index contributed by atoms with van der Waals surface area (Å²) in [6, 6.07) is 6.06. The van der Waals surface area contributed by atoms with E-state index in [1.807, 2.05) is 22.9 Å². The Balaban J connectivity index is 0.00000280. The summed E-state index contributed by atoms with van der Waals surface area (Å²) in [5, 5.41) is 12.1. The highest BCUT2D eigenvalue weighted by molar-refractivity contribution is 14.0. The summed E-state index contributed by atoms with van der Waals surface area (Å²) < 4.78 is 7.21. The fourth-order valence-electron chi connectivity index (χ4n) is 3.19. The van der Waals surface area contributed by atoms with Crippen molar-refractivity contribution in [2.45, 2.75) is 45.2 Å². The Morgan fingerprint density at radius 2 is 2.25 bits per heavy atom. The van der Waals surface area contributed by atoms with Gasteiger partial charge in [-0.2, -0.15) is 5.10 Å². The molecule has 0 aliphatic carbocycles. The van der Waals surface area contributed by atoms with Gasteiger partial charge in [0.05, 0.1) is 13.7 Å². The van der Waals surface area contributed by atoms with Crippen molar-refractivity contribution in [1.82, 2.24) is 25.4 Å². The van der Waals surface area contributed by atoms with Crippen LogP contribution in [0.25, 0.3) is 0 Å². The lowest BCUT2D eigenvalue weighted by Crippen LogP contribution is -2.47. The van der Waals surface area contributed by atoms with Crippen molar-refractivity contribution in [2.24, 2.45) is 4.99 Å². The quantitative estimate of drug-likeness (QED) is 0.349. The zero-order valence-corrected chi connectivity index (χ0v) is 19.6. The number of aryl methyl sites for hydroxylation is 2. The maximum Gasteiger partial charge on any atom is 0.191 e. The highest BCUT2D eigenvalue weighted by Gasteiger charge is 2.22. The number of methoxy groups -OCH3 is 1. The van der Waals surface area contributed by atoms with Gasteiger partial charge in [0.25, 0.3) is 0 Å². The van der Waals surface area contributed by atoms with E-state index < -0.39 is 0 Å². The van der Waals surface area contributed by atoms with E-state index in [1.165, 1.54) is 0 Å². The van der Waals surface area contributed by atoms with Gasteiger partial charge in [0.15, 0.2) is 11.8 Å². The molecule has 9 heteroatoms. The molecule has 7 nitrogen and oxygen atoms in total. The van der Waals surface area contributed by atoms with Crippen LogP contribution in [-0.4, -0.2) is 47.5 Å². The molecule has 2 heterocycles. The number of hydrogen-bond donors (Lipinski definition) is 2. The molecule has 2 N–H and O–H groups in total. The van der Waals surface area contributed by atoms with Crippen LogP contribution in [0.4, 0.5) is 0 Å². The molecule has 154 valence electrons. The molecule has 28 heavy (non-hydrogen) atoms. The first-order valence-corrected chi connectivity index (χ1v) is 9.73. The number of benzene rings is 1. The summed E-state index contributed by atoms with van der Waals surface area (Å²) in [5.41, 5.74) is 1.08.